The van der Waals surface area contributed by atoms with E-state index >= 15 is 0 Å². The average Bonchev–Trinajstić information content (AvgIpc) is 3.20. The summed E-state index contributed by atoms with van der Waals surface area (Å²) in [5, 5.41) is 24.5. The molecule has 17 heteroatoms. The molecular weight excluding hydrogens is 704 g/mol. The van der Waals surface area contributed by atoms with Crippen molar-refractivity contribution < 1.29 is 81.7 Å². The fourth-order valence-corrected chi connectivity index (χ4v) is 7.67. The number of hydrogen-bond acceptors (Lipinski definition) is 17. The van der Waals surface area contributed by atoms with Crippen LogP contribution in [0.3, 0.4) is 0 Å². The van der Waals surface area contributed by atoms with Crippen LogP contribution in [0.15, 0.2) is 12.2 Å². The van der Waals surface area contributed by atoms with Crippen LogP contribution in [0.4, 0.5) is 0 Å². The molecule has 0 bridgehead atoms. The molecule has 1 aliphatic heterocycles. The summed E-state index contributed by atoms with van der Waals surface area (Å²) in [6.07, 6.45) is -9.44. The van der Waals surface area contributed by atoms with Gasteiger partial charge >= 0.3 is 41.8 Å². The molecule has 1 saturated heterocycles. The van der Waals surface area contributed by atoms with Gasteiger partial charge in [-0.1, -0.05) is 33.8 Å². The van der Waals surface area contributed by atoms with Crippen molar-refractivity contribution in [1.82, 2.24) is 0 Å². The third kappa shape index (κ3) is 8.72. The number of fused-ring (bicyclic) bond motifs is 3. The highest BCUT2D eigenvalue weighted by Gasteiger charge is 2.75. The SMILES string of the molecule is CC(=O)OC1C(OC(C)=O)C(C)(C)C=CC(C)(O)C(=O)C2(O)CC(C)(OC(C)=O)C(OC(C)=O)C2C2OC(=O)CCC2(OC(C)=O)C1OC(=O)C(C)C. The fraction of sp³-hybridized carbons (Fsp3) is 0.722. The fourth-order valence-electron chi connectivity index (χ4n) is 7.67. The number of esters is 7. The Bertz CT molecular complexity index is 1560. The zero-order valence-corrected chi connectivity index (χ0v) is 31.8. The van der Waals surface area contributed by atoms with E-state index in [9.17, 15) is 48.6 Å². The van der Waals surface area contributed by atoms with Crippen molar-refractivity contribution in [3.8, 4) is 0 Å². The minimum atomic E-state index is -2.95. The summed E-state index contributed by atoms with van der Waals surface area (Å²) in [6, 6.07) is 0. The molecule has 53 heavy (non-hydrogen) atoms. The van der Waals surface area contributed by atoms with Crippen LogP contribution in [0.2, 0.25) is 0 Å². The van der Waals surface area contributed by atoms with Crippen LogP contribution in [-0.4, -0.2) is 111 Å². The van der Waals surface area contributed by atoms with Gasteiger partial charge in [0.05, 0.1) is 11.8 Å². The Labute approximate surface area is 306 Å². The van der Waals surface area contributed by atoms with Crippen LogP contribution in [0.25, 0.3) is 0 Å². The molecule has 1 saturated carbocycles. The minimum Gasteiger partial charge on any atom is -0.458 e. The number of carbonyl (C=O) groups is 8. The van der Waals surface area contributed by atoms with Gasteiger partial charge in [-0.2, -0.15) is 0 Å². The topological polar surface area (TPSA) is 242 Å². The van der Waals surface area contributed by atoms with Gasteiger partial charge in [-0.3, -0.25) is 38.4 Å². The van der Waals surface area contributed by atoms with Crippen molar-refractivity contribution in [2.45, 2.75) is 148 Å². The van der Waals surface area contributed by atoms with E-state index in [1.54, 1.807) is 0 Å². The molecule has 0 aromatic carbocycles. The standard InChI is InChI=1S/C36H50O17/c1-17(2)30(43)51-29-25(47-18(3)37)28(49-20(5)39)32(8,9)14-15-33(10,45)31(44)35(46)16-34(11,52-21(6)40)26(48-19(4)38)24(35)27-36(29,53-22(7)41)13-12-23(42)50-27/h14-15,17,24-29,45-46H,12-13,16H2,1-11H3. The lowest BCUT2D eigenvalue weighted by Crippen LogP contribution is -2.72. The third-order valence-electron chi connectivity index (χ3n) is 9.70. The number of carbonyl (C=O) groups excluding carboxylic acids is 8. The average molecular weight is 755 g/mol. The summed E-state index contributed by atoms with van der Waals surface area (Å²) in [4.78, 5) is 106. The first-order valence-corrected chi connectivity index (χ1v) is 17.1. The summed E-state index contributed by atoms with van der Waals surface area (Å²) in [6.45, 7) is 13.1. The van der Waals surface area contributed by atoms with Gasteiger partial charge < -0.3 is 43.4 Å². The molecule has 0 amide bonds. The molecule has 2 fully saturated rings. The molecule has 0 spiro atoms. The van der Waals surface area contributed by atoms with E-state index in [1.165, 1.54) is 40.7 Å². The van der Waals surface area contributed by atoms with E-state index in [4.69, 9.17) is 33.2 Å². The minimum absolute atomic E-state index is 0.552. The van der Waals surface area contributed by atoms with Crippen LogP contribution >= 0.6 is 0 Å². The molecule has 296 valence electrons. The molecule has 2 aliphatic carbocycles. The van der Waals surface area contributed by atoms with Crippen molar-refractivity contribution in [3.05, 3.63) is 12.2 Å². The Morgan fingerprint density at radius 1 is 0.736 bits per heavy atom. The highest BCUT2D eigenvalue weighted by molar-refractivity contribution is 5.97. The van der Waals surface area contributed by atoms with Gasteiger partial charge in [-0.25, -0.2) is 0 Å². The van der Waals surface area contributed by atoms with Gasteiger partial charge in [0, 0.05) is 59.3 Å². The van der Waals surface area contributed by atoms with E-state index in [2.05, 4.69) is 0 Å². The number of ketones is 1. The van der Waals surface area contributed by atoms with Crippen LogP contribution in [-0.2, 0) is 71.5 Å². The van der Waals surface area contributed by atoms with Crippen molar-refractivity contribution in [3.63, 3.8) is 0 Å². The van der Waals surface area contributed by atoms with E-state index in [0.717, 1.165) is 47.6 Å². The highest BCUT2D eigenvalue weighted by atomic mass is 16.7. The van der Waals surface area contributed by atoms with Crippen molar-refractivity contribution >= 4 is 47.6 Å². The first-order chi connectivity index (χ1) is 24.1. The Kier molecular flexibility index (Phi) is 12.3. The first-order valence-electron chi connectivity index (χ1n) is 17.1. The lowest BCUT2D eigenvalue weighted by atomic mass is 9.66. The van der Waals surface area contributed by atoms with Gasteiger partial charge in [-0.15, -0.1) is 0 Å². The summed E-state index contributed by atoms with van der Waals surface area (Å²) >= 11 is 0. The smallest absolute Gasteiger partial charge is 0.308 e. The molecule has 0 aromatic rings. The van der Waals surface area contributed by atoms with Crippen molar-refractivity contribution in [1.29, 1.82) is 0 Å². The molecule has 10 unspecified atom stereocenters. The first kappa shape index (κ1) is 43.0. The number of aliphatic hydroxyl groups is 2. The van der Waals surface area contributed by atoms with E-state index in [1.807, 2.05) is 0 Å². The molecule has 0 aromatic heterocycles. The highest BCUT2D eigenvalue weighted by Crippen LogP contribution is 2.56. The second-order valence-corrected chi connectivity index (χ2v) is 15.3. The number of Topliss-reactive ketones (excluding diaryl/α,β-unsaturated/α-hetero) is 1. The Morgan fingerprint density at radius 2 is 1.26 bits per heavy atom. The van der Waals surface area contributed by atoms with Crippen LogP contribution in [0.1, 0.15) is 95.4 Å². The number of ether oxygens (including phenoxy) is 7. The quantitative estimate of drug-likeness (QED) is 0.212. The predicted molar refractivity (Wildman–Crippen MR) is 177 cm³/mol. The van der Waals surface area contributed by atoms with E-state index < -0.39 is 137 Å². The predicted octanol–water partition coefficient (Wildman–Crippen LogP) is 1.35. The zero-order valence-electron chi connectivity index (χ0n) is 31.8. The summed E-state index contributed by atoms with van der Waals surface area (Å²) in [7, 11) is 0. The lowest BCUT2D eigenvalue weighted by Gasteiger charge is -2.53. The summed E-state index contributed by atoms with van der Waals surface area (Å²) in [5.74, 6) is -11.2. The second-order valence-electron chi connectivity index (χ2n) is 15.3. The van der Waals surface area contributed by atoms with Crippen molar-refractivity contribution in [2.24, 2.45) is 17.3 Å². The summed E-state index contributed by atoms with van der Waals surface area (Å²) < 4.78 is 40.8. The Hall–Kier alpha value is -4.38. The largest absolute Gasteiger partial charge is 0.458 e. The van der Waals surface area contributed by atoms with Crippen LogP contribution in [0.5, 0.6) is 0 Å². The summed E-state index contributed by atoms with van der Waals surface area (Å²) in [5.41, 5.74) is -11.7. The molecule has 1 heterocycles. The van der Waals surface area contributed by atoms with E-state index in [0.29, 0.717) is 0 Å². The molecule has 0 radical (unpaired) electrons. The Balaban J connectivity index is 2.70. The van der Waals surface area contributed by atoms with Gasteiger partial charge in [0.15, 0.2) is 41.9 Å². The maximum Gasteiger partial charge on any atom is 0.308 e. The number of rotatable bonds is 7. The monoisotopic (exact) mass is 754 g/mol. The van der Waals surface area contributed by atoms with Crippen LogP contribution < -0.4 is 0 Å². The molecule has 3 aliphatic rings. The lowest BCUT2D eigenvalue weighted by molar-refractivity contribution is -0.272. The Morgan fingerprint density at radius 3 is 1.75 bits per heavy atom. The normalized spacial score (nSPS) is 36.6. The van der Waals surface area contributed by atoms with Gasteiger partial charge in [-0.05, 0) is 19.9 Å². The second kappa shape index (κ2) is 15.2. The molecular formula is C36H50O17. The maximum absolute atomic E-state index is 14.7. The van der Waals surface area contributed by atoms with Gasteiger partial charge in [0.2, 0.25) is 0 Å². The van der Waals surface area contributed by atoms with Gasteiger partial charge in [0.1, 0.15) is 16.8 Å². The molecule has 3 rings (SSSR count). The molecule has 2 N–H and O–H groups in total. The maximum atomic E-state index is 14.7. The zero-order chi connectivity index (χ0) is 40.6. The number of hydrogen-bond donors (Lipinski definition) is 2. The molecule has 17 nitrogen and oxygen atoms in total. The van der Waals surface area contributed by atoms with Gasteiger partial charge in [0.25, 0.3) is 0 Å². The van der Waals surface area contributed by atoms with Crippen LogP contribution in [0, 0.1) is 17.3 Å². The molecule has 10 atom stereocenters. The van der Waals surface area contributed by atoms with E-state index in [-0.39, 0.29) is 0 Å². The van der Waals surface area contributed by atoms with Crippen molar-refractivity contribution in [2.75, 3.05) is 0 Å². The third-order valence-corrected chi connectivity index (χ3v) is 9.70.